The Morgan fingerprint density at radius 2 is 0.939 bits per heavy atom. The van der Waals surface area contributed by atoms with E-state index >= 15 is 0 Å². The minimum Gasteiger partial charge on any atom is -0.466 e. The zero-order valence-corrected chi connectivity index (χ0v) is 22.5. The fraction of sp³-hybridized carbons (Fsp3) is 0.931. The molecule has 4 nitrogen and oxygen atoms in total. The molecule has 0 radical (unpaired) electrons. The molecule has 1 unspecified atom stereocenters. The maximum atomic E-state index is 11.8. The molecule has 0 saturated heterocycles. The summed E-state index contributed by atoms with van der Waals surface area (Å²) in [6, 6.07) is 0. The summed E-state index contributed by atoms with van der Waals surface area (Å²) in [5, 5.41) is 0. The van der Waals surface area contributed by atoms with Gasteiger partial charge >= 0.3 is 11.9 Å². The second-order valence-corrected chi connectivity index (χ2v) is 9.93. The van der Waals surface area contributed by atoms with E-state index in [1.807, 2.05) is 0 Å². The molecule has 0 spiro atoms. The average Bonchev–Trinajstić information content (AvgIpc) is 2.81. The molecule has 33 heavy (non-hydrogen) atoms. The fourth-order valence-corrected chi connectivity index (χ4v) is 4.08. The van der Waals surface area contributed by atoms with Crippen LogP contribution in [0.15, 0.2) is 0 Å². The van der Waals surface area contributed by atoms with Gasteiger partial charge in [0.1, 0.15) is 0 Å². The SMILES string of the molecule is CCCCCCCOC(=O)CCCCCCCCCC(C)CCC(=O)OCCCCCCC. The molecular formula is C29H56O4. The summed E-state index contributed by atoms with van der Waals surface area (Å²) in [4.78, 5) is 23.5. The van der Waals surface area contributed by atoms with Gasteiger partial charge in [0, 0.05) is 12.8 Å². The topological polar surface area (TPSA) is 52.6 Å². The molecule has 0 heterocycles. The van der Waals surface area contributed by atoms with E-state index in [-0.39, 0.29) is 11.9 Å². The Morgan fingerprint density at radius 3 is 1.48 bits per heavy atom. The first kappa shape index (κ1) is 31.9. The van der Waals surface area contributed by atoms with Crippen LogP contribution in [0.3, 0.4) is 0 Å². The van der Waals surface area contributed by atoms with Gasteiger partial charge in [0.25, 0.3) is 0 Å². The van der Waals surface area contributed by atoms with Crippen molar-refractivity contribution in [2.45, 2.75) is 156 Å². The van der Waals surface area contributed by atoms with Crippen LogP contribution in [0, 0.1) is 5.92 Å². The van der Waals surface area contributed by atoms with E-state index in [9.17, 15) is 9.59 Å². The smallest absolute Gasteiger partial charge is 0.305 e. The summed E-state index contributed by atoms with van der Waals surface area (Å²) < 4.78 is 10.7. The molecule has 0 saturated carbocycles. The van der Waals surface area contributed by atoms with Crippen molar-refractivity contribution in [2.24, 2.45) is 5.92 Å². The number of hydrogen-bond acceptors (Lipinski definition) is 4. The second-order valence-electron chi connectivity index (χ2n) is 9.93. The lowest BCUT2D eigenvalue weighted by atomic mass is 9.97. The summed E-state index contributed by atoms with van der Waals surface area (Å²) in [5.74, 6) is 0.559. The van der Waals surface area contributed by atoms with E-state index in [0.29, 0.717) is 32.0 Å². The predicted octanol–water partition coefficient (Wildman–Crippen LogP) is 8.94. The van der Waals surface area contributed by atoms with Crippen LogP contribution in [0.2, 0.25) is 0 Å². The number of ether oxygens (including phenoxy) is 2. The number of carbonyl (C=O) groups is 2. The van der Waals surface area contributed by atoms with Gasteiger partial charge in [-0.3, -0.25) is 9.59 Å². The summed E-state index contributed by atoms with van der Waals surface area (Å²) in [5.41, 5.74) is 0. The highest BCUT2D eigenvalue weighted by molar-refractivity contribution is 5.69. The normalized spacial score (nSPS) is 12.0. The predicted molar refractivity (Wildman–Crippen MR) is 139 cm³/mol. The maximum absolute atomic E-state index is 11.8. The molecule has 4 heteroatoms. The monoisotopic (exact) mass is 468 g/mol. The van der Waals surface area contributed by atoms with Crippen LogP contribution >= 0.6 is 0 Å². The first-order valence-electron chi connectivity index (χ1n) is 14.4. The second kappa shape index (κ2) is 25.6. The summed E-state index contributed by atoms with van der Waals surface area (Å²) in [7, 11) is 0. The van der Waals surface area contributed by atoms with Gasteiger partial charge in [0.05, 0.1) is 13.2 Å². The molecule has 0 N–H and O–H groups in total. The minimum atomic E-state index is -0.0202. The molecule has 0 bridgehead atoms. The van der Waals surface area contributed by atoms with E-state index < -0.39 is 0 Å². The Morgan fingerprint density at radius 1 is 0.515 bits per heavy atom. The zero-order valence-electron chi connectivity index (χ0n) is 22.5. The lowest BCUT2D eigenvalue weighted by Crippen LogP contribution is -2.08. The first-order chi connectivity index (χ1) is 16.1. The van der Waals surface area contributed by atoms with Crippen molar-refractivity contribution in [1.82, 2.24) is 0 Å². The van der Waals surface area contributed by atoms with Crippen LogP contribution < -0.4 is 0 Å². The Hall–Kier alpha value is -1.06. The van der Waals surface area contributed by atoms with Crippen molar-refractivity contribution >= 4 is 11.9 Å². The van der Waals surface area contributed by atoms with Crippen molar-refractivity contribution in [3.8, 4) is 0 Å². The molecule has 0 rings (SSSR count). The molecular weight excluding hydrogens is 412 g/mol. The van der Waals surface area contributed by atoms with Crippen LogP contribution in [0.1, 0.15) is 156 Å². The van der Waals surface area contributed by atoms with Gasteiger partial charge in [-0.2, -0.15) is 0 Å². The number of rotatable bonds is 25. The number of esters is 2. The molecule has 0 aromatic carbocycles. The molecule has 0 aromatic rings. The van der Waals surface area contributed by atoms with Gasteiger partial charge in [-0.25, -0.2) is 0 Å². The van der Waals surface area contributed by atoms with Crippen molar-refractivity contribution in [3.63, 3.8) is 0 Å². The molecule has 1 atom stereocenters. The third-order valence-electron chi connectivity index (χ3n) is 6.44. The van der Waals surface area contributed by atoms with Crippen LogP contribution in [-0.2, 0) is 19.1 Å². The molecule has 0 aliphatic carbocycles. The van der Waals surface area contributed by atoms with Gasteiger partial charge in [0.2, 0.25) is 0 Å². The van der Waals surface area contributed by atoms with Gasteiger partial charge in [-0.15, -0.1) is 0 Å². The number of hydrogen-bond donors (Lipinski definition) is 0. The Balaban J connectivity index is 3.35. The van der Waals surface area contributed by atoms with E-state index in [4.69, 9.17) is 9.47 Å². The fourth-order valence-electron chi connectivity index (χ4n) is 4.08. The summed E-state index contributed by atoms with van der Waals surface area (Å²) in [6.07, 6.45) is 23.5. The van der Waals surface area contributed by atoms with Gasteiger partial charge < -0.3 is 9.47 Å². The summed E-state index contributed by atoms with van der Waals surface area (Å²) >= 11 is 0. The van der Waals surface area contributed by atoms with Crippen LogP contribution in [-0.4, -0.2) is 25.2 Å². The van der Waals surface area contributed by atoms with E-state index in [1.165, 1.54) is 89.9 Å². The van der Waals surface area contributed by atoms with Crippen molar-refractivity contribution < 1.29 is 19.1 Å². The van der Waals surface area contributed by atoms with Gasteiger partial charge in [0.15, 0.2) is 0 Å². The highest BCUT2D eigenvalue weighted by Crippen LogP contribution is 2.17. The highest BCUT2D eigenvalue weighted by atomic mass is 16.5. The van der Waals surface area contributed by atoms with Crippen LogP contribution in [0.4, 0.5) is 0 Å². The van der Waals surface area contributed by atoms with Gasteiger partial charge in [-0.1, -0.05) is 117 Å². The molecule has 0 aliphatic heterocycles. The van der Waals surface area contributed by atoms with Crippen molar-refractivity contribution in [1.29, 1.82) is 0 Å². The molecule has 0 fully saturated rings. The Bertz CT molecular complexity index is 435. The van der Waals surface area contributed by atoms with E-state index in [1.54, 1.807) is 0 Å². The van der Waals surface area contributed by atoms with Crippen molar-refractivity contribution in [2.75, 3.05) is 13.2 Å². The van der Waals surface area contributed by atoms with Crippen LogP contribution in [0.5, 0.6) is 0 Å². The zero-order chi connectivity index (χ0) is 24.4. The minimum absolute atomic E-state index is 0.0182. The number of unbranched alkanes of at least 4 members (excludes halogenated alkanes) is 14. The molecule has 0 aromatic heterocycles. The van der Waals surface area contributed by atoms with Crippen LogP contribution in [0.25, 0.3) is 0 Å². The third-order valence-corrected chi connectivity index (χ3v) is 6.44. The molecule has 0 amide bonds. The van der Waals surface area contributed by atoms with E-state index in [2.05, 4.69) is 20.8 Å². The largest absolute Gasteiger partial charge is 0.466 e. The maximum Gasteiger partial charge on any atom is 0.305 e. The van der Waals surface area contributed by atoms with Crippen molar-refractivity contribution in [3.05, 3.63) is 0 Å². The standard InChI is InChI=1S/C29H56O4/c1-4-6-8-15-19-25-32-28(30)22-18-14-12-10-11-13-17-21-27(3)23-24-29(31)33-26-20-16-9-7-5-2/h27H,4-26H2,1-3H3. The Kier molecular flexibility index (Phi) is 24.7. The Labute approximate surface area is 206 Å². The summed E-state index contributed by atoms with van der Waals surface area (Å²) in [6.45, 7) is 7.86. The van der Waals surface area contributed by atoms with Gasteiger partial charge in [-0.05, 0) is 31.6 Å². The first-order valence-corrected chi connectivity index (χ1v) is 14.4. The van der Waals surface area contributed by atoms with E-state index in [0.717, 1.165) is 32.1 Å². The lowest BCUT2D eigenvalue weighted by Gasteiger charge is -2.11. The highest BCUT2D eigenvalue weighted by Gasteiger charge is 2.08. The quantitative estimate of drug-likeness (QED) is 0.0991. The third kappa shape index (κ3) is 25.4. The molecule has 0 aliphatic rings. The average molecular weight is 469 g/mol. The number of carbonyl (C=O) groups excluding carboxylic acids is 2. The lowest BCUT2D eigenvalue weighted by molar-refractivity contribution is -0.145. The molecule has 196 valence electrons.